The number of para-hydroxylation sites is 2. The first-order valence-electron chi connectivity index (χ1n) is 8.82. The fourth-order valence-corrected chi connectivity index (χ4v) is 3.60. The molecule has 26 heavy (non-hydrogen) atoms. The third-order valence-electron chi connectivity index (χ3n) is 4.88. The van der Waals surface area contributed by atoms with Crippen LogP contribution >= 0.6 is 0 Å². The number of nitriles is 1. The van der Waals surface area contributed by atoms with E-state index in [1.54, 1.807) is 0 Å². The molecule has 0 atom stereocenters. The van der Waals surface area contributed by atoms with Gasteiger partial charge in [0.15, 0.2) is 6.20 Å². The highest BCUT2D eigenvalue weighted by Gasteiger charge is 2.25. The average Bonchev–Trinajstić information content (AvgIpc) is 3.06. The smallest absolute Gasteiger partial charge is 0.250 e. The predicted molar refractivity (Wildman–Crippen MR) is 101 cm³/mol. The molecule has 0 saturated heterocycles. The van der Waals surface area contributed by atoms with Gasteiger partial charge < -0.3 is 0 Å². The van der Waals surface area contributed by atoms with Crippen molar-refractivity contribution in [3.8, 4) is 6.07 Å². The zero-order valence-corrected chi connectivity index (χ0v) is 14.9. The summed E-state index contributed by atoms with van der Waals surface area (Å²) < 4.78 is 2.14. The minimum Gasteiger partial charge on any atom is -0.295 e. The maximum absolute atomic E-state index is 9.75. The number of hydrogen-bond acceptors (Lipinski definition) is 2. The highest BCUT2D eigenvalue weighted by Crippen LogP contribution is 2.25. The standard InChI is InChI=1S/C21H19N5/c1-3-16-14(2)17(12-22)21-25-18-9-4-5-10-19(18)26(21)20(16)24-13-15-8-6-7-11-23-15/h4-11H,3,13H2,1-2H3,(H,24,25)/p+2. The number of fused-ring (bicyclic) bond motifs is 3. The monoisotopic (exact) mass is 343 g/mol. The number of rotatable bonds is 4. The van der Waals surface area contributed by atoms with E-state index in [-0.39, 0.29) is 0 Å². The van der Waals surface area contributed by atoms with Gasteiger partial charge in [0.1, 0.15) is 29.2 Å². The van der Waals surface area contributed by atoms with E-state index in [9.17, 15) is 5.26 Å². The molecule has 0 unspecified atom stereocenters. The van der Waals surface area contributed by atoms with Crippen LogP contribution in [0.3, 0.4) is 0 Å². The molecule has 0 aliphatic heterocycles. The van der Waals surface area contributed by atoms with Gasteiger partial charge in [-0.1, -0.05) is 19.1 Å². The molecule has 0 amide bonds. The summed E-state index contributed by atoms with van der Waals surface area (Å²) in [7, 11) is 0. The zero-order valence-electron chi connectivity index (χ0n) is 14.9. The Bertz CT molecular complexity index is 1140. The Balaban J connectivity index is 1.98. The molecule has 0 aliphatic carbocycles. The van der Waals surface area contributed by atoms with Crippen molar-refractivity contribution in [1.82, 2.24) is 4.98 Å². The molecular weight excluding hydrogens is 322 g/mol. The number of aromatic amines is 2. The SMILES string of the molecule is CCc1c(C)c(C#N)c2[nH]c3ccccc3[n+]2c1NCc1cccc[nH+]1. The van der Waals surface area contributed by atoms with E-state index in [1.165, 1.54) is 5.56 Å². The number of pyridine rings is 2. The van der Waals surface area contributed by atoms with Crippen LogP contribution in [0.5, 0.6) is 0 Å². The van der Waals surface area contributed by atoms with Crippen LogP contribution in [0, 0.1) is 18.3 Å². The molecule has 0 radical (unpaired) electrons. The largest absolute Gasteiger partial charge is 0.295 e. The summed E-state index contributed by atoms with van der Waals surface area (Å²) >= 11 is 0. The lowest BCUT2D eigenvalue weighted by Crippen LogP contribution is -2.30. The second-order valence-corrected chi connectivity index (χ2v) is 6.36. The van der Waals surface area contributed by atoms with E-state index in [1.807, 2.05) is 43.5 Å². The van der Waals surface area contributed by atoms with Crippen molar-refractivity contribution >= 4 is 22.5 Å². The first-order chi connectivity index (χ1) is 12.7. The number of imidazole rings is 1. The predicted octanol–water partition coefficient (Wildman–Crippen LogP) is 3.08. The van der Waals surface area contributed by atoms with Crippen molar-refractivity contribution in [2.24, 2.45) is 0 Å². The third kappa shape index (κ3) is 2.47. The summed E-state index contributed by atoms with van der Waals surface area (Å²) in [4.78, 5) is 6.68. The Kier molecular flexibility index (Phi) is 4.02. The summed E-state index contributed by atoms with van der Waals surface area (Å²) in [6, 6.07) is 16.6. The highest BCUT2D eigenvalue weighted by atomic mass is 15.1. The molecular formula is C21H21N5+2. The zero-order chi connectivity index (χ0) is 18.1. The Hall–Kier alpha value is -3.39. The van der Waals surface area contributed by atoms with Crippen LogP contribution < -0.4 is 14.7 Å². The topological polar surface area (TPSA) is 69.8 Å². The van der Waals surface area contributed by atoms with Crippen LogP contribution in [0.15, 0.2) is 48.7 Å². The summed E-state index contributed by atoms with van der Waals surface area (Å²) in [6.07, 6.45) is 2.78. The maximum atomic E-state index is 9.75. The fraction of sp³-hybridized carbons (Fsp3) is 0.190. The number of aromatic nitrogens is 3. The average molecular weight is 343 g/mol. The van der Waals surface area contributed by atoms with Gasteiger partial charge in [-0.25, -0.2) is 4.98 Å². The molecule has 128 valence electrons. The Morgan fingerprint density at radius 2 is 2.00 bits per heavy atom. The van der Waals surface area contributed by atoms with Crippen molar-refractivity contribution in [2.45, 2.75) is 26.8 Å². The number of H-pyrrole nitrogens is 2. The van der Waals surface area contributed by atoms with Gasteiger partial charge in [0.2, 0.25) is 17.2 Å². The highest BCUT2D eigenvalue weighted by molar-refractivity contribution is 5.78. The van der Waals surface area contributed by atoms with E-state index < -0.39 is 0 Å². The normalized spacial score (nSPS) is 11.0. The van der Waals surface area contributed by atoms with Gasteiger partial charge >= 0.3 is 0 Å². The van der Waals surface area contributed by atoms with E-state index in [0.29, 0.717) is 12.1 Å². The van der Waals surface area contributed by atoms with Gasteiger partial charge in [0, 0.05) is 17.7 Å². The van der Waals surface area contributed by atoms with E-state index in [0.717, 1.165) is 40.2 Å². The van der Waals surface area contributed by atoms with Gasteiger partial charge in [-0.15, -0.1) is 0 Å². The third-order valence-corrected chi connectivity index (χ3v) is 4.88. The number of anilines is 1. The summed E-state index contributed by atoms with van der Waals surface area (Å²) in [6.45, 7) is 4.84. The lowest BCUT2D eigenvalue weighted by molar-refractivity contribution is -0.465. The molecule has 0 bridgehead atoms. The van der Waals surface area contributed by atoms with Crippen LogP contribution in [-0.2, 0) is 13.0 Å². The molecule has 0 aliphatic rings. The maximum Gasteiger partial charge on any atom is 0.250 e. The number of hydrogen-bond donors (Lipinski definition) is 2. The molecule has 3 N–H and O–H groups in total. The minimum absolute atomic E-state index is 0.681. The Morgan fingerprint density at radius 3 is 2.73 bits per heavy atom. The summed E-state index contributed by atoms with van der Waals surface area (Å²) in [5.41, 5.74) is 6.92. The van der Waals surface area contributed by atoms with Crippen LogP contribution in [-0.4, -0.2) is 4.98 Å². The molecule has 1 aromatic carbocycles. The molecule has 0 spiro atoms. The van der Waals surface area contributed by atoms with Crippen LogP contribution in [0.25, 0.3) is 16.7 Å². The minimum atomic E-state index is 0.681. The summed E-state index contributed by atoms with van der Waals surface area (Å²) in [5, 5.41) is 13.3. The van der Waals surface area contributed by atoms with Gasteiger partial charge in [0.25, 0.3) is 0 Å². The molecule has 4 rings (SSSR count). The van der Waals surface area contributed by atoms with Crippen LogP contribution in [0.2, 0.25) is 0 Å². The molecule has 5 heteroatoms. The quantitative estimate of drug-likeness (QED) is 0.559. The number of nitrogens with zero attached hydrogens (tertiary/aromatic N) is 2. The lowest BCUT2D eigenvalue weighted by atomic mass is 10.0. The number of benzene rings is 1. The molecule has 3 aromatic heterocycles. The first kappa shape index (κ1) is 16.1. The fourth-order valence-electron chi connectivity index (χ4n) is 3.60. The molecule has 0 saturated carbocycles. The van der Waals surface area contributed by atoms with Gasteiger partial charge in [-0.2, -0.15) is 9.66 Å². The van der Waals surface area contributed by atoms with E-state index >= 15 is 0 Å². The van der Waals surface area contributed by atoms with Crippen molar-refractivity contribution in [3.05, 3.63) is 71.0 Å². The Morgan fingerprint density at radius 1 is 1.19 bits per heavy atom. The Labute approximate surface area is 151 Å². The second kappa shape index (κ2) is 6.49. The van der Waals surface area contributed by atoms with Crippen molar-refractivity contribution in [2.75, 3.05) is 5.32 Å². The van der Waals surface area contributed by atoms with Crippen LogP contribution in [0.1, 0.15) is 29.3 Å². The van der Waals surface area contributed by atoms with Crippen molar-refractivity contribution < 1.29 is 9.38 Å². The van der Waals surface area contributed by atoms with Crippen molar-refractivity contribution in [1.29, 1.82) is 5.26 Å². The van der Waals surface area contributed by atoms with Gasteiger partial charge in [-0.05, 0) is 37.1 Å². The van der Waals surface area contributed by atoms with Gasteiger partial charge in [-0.3, -0.25) is 10.3 Å². The molecule has 5 nitrogen and oxygen atoms in total. The summed E-state index contributed by atoms with van der Waals surface area (Å²) in [5.74, 6) is 1.04. The lowest BCUT2D eigenvalue weighted by Gasteiger charge is -2.11. The number of nitrogens with one attached hydrogen (secondary N) is 3. The molecule has 4 aromatic rings. The van der Waals surface area contributed by atoms with E-state index in [4.69, 9.17) is 0 Å². The molecule has 3 heterocycles. The van der Waals surface area contributed by atoms with Gasteiger partial charge in [0.05, 0.1) is 0 Å². The van der Waals surface area contributed by atoms with E-state index in [2.05, 4.69) is 44.8 Å². The van der Waals surface area contributed by atoms with Crippen LogP contribution in [0.4, 0.5) is 5.82 Å². The van der Waals surface area contributed by atoms with Crippen molar-refractivity contribution in [3.63, 3.8) is 0 Å². The molecule has 0 fully saturated rings. The second-order valence-electron chi connectivity index (χ2n) is 6.36. The first-order valence-corrected chi connectivity index (χ1v) is 8.82.